The molecule has 0 aliphatic carbocycles. The summed E-state index contributed by atoms with van der Waals surface area (Å²) in [5.74, 6) is -0.00505. The number of carbonyl (C=O) groups is 1. The van der Waals surface area contributed by atoms with Gasteiger partial charge in [-0.15, -0.1) is 0 Å². The van der Waals surface area contributed by atoms with Crippen molar-refractivity contribution in [3.8, 4) is 0 Å². The minimum Gasteiger partial charge on any atom is -0.287 e. The van der Waals surface area contributed by atoms with Crippen molar-refractivity contribution < 1.29 is 4.79 Å². The van der Waals surface area contributed by atoms with Crippen LogP contribution in [0.2, 0.25) is 0 Å². The van der Waals surface area contributed by atoms with E-state index in [0.717, 1.165) is 23.9 Å². The molecule has 4 nitrogen and oxygen atoms in total. The summed E-state index contributed by atoms with van der Waals surface area (Å²) in [4.78, 5) is 17.0. The van der Waals surface area contributed by atoms with Gasteiger partial charge in [0, 0.05) is 29.9 Å². The molecule has 0 atom stereocenters. The lowest BCUT2D eigenvalue weighted by atomic mass is 10.0. The van der Waals surface area contributed by atoms with Crippen LogP contribution in [0.3, 0.4) is 0 Å². The van der Waals surface area contributed by atoms with E-state index in [1.165, 1.54) is 0 Å². The molecule has 0 bridgehead atoms. The van der Waals surface area contributed by atoms with Crippen molar-refractivity contribution in [3.05, 3.63) is 60.0 Å². The molecule has 0 aliphatic rings. The van der Waals surface area contributed by atoms with Gasteiger partial charge in [0.05, 0.1) is 5.52 Å². The van der Waals surface area contributed by atoms with Crippen molar-refractivity contribution in [2.24, 2.45) is 0 Å². The molecule has 0 amide bonds. The highest BCUT2D eigenvalue weighted by atomic mass is 16.1. The minimum absolute atomic E-state index is 0.00505. The molecule has 100 valence electrons. The van der Waals surface area contributed by atoms with Gasteiger partial charge in [-0.3, -0.25) is 14.5 Å². The number of ketones is 1. The Kier molecular flexibility index (Phi) is 3.29. The summed E-state index contributed by atoms with van der Waals surface area (Å²) < 4.78 is 1.76. The van der Waals surface area contributed by atoms with Crippen LogP contribution in [-0.4, -0.2) is 20.5 Å². The van der Waals surface area contributed by atoms with E-state index in [4.69, 9.17) is 0 Å². The van der Waals surface area contributed by atoms with Crippen molar-refractivity contribution >= 4 is 16.7 Å². The first-order valence-electron chi connectivity index (χ1n) is 6.71. The monoisotopic (exact) mass is 265 g/mol. The number of fused-ring (bicyclic) bond motifs is 1. The van der Waals surface area contributed by atoms with Gasteiger partial charge >= 0.3 is 0 Å². The van der Waals surface area contributed by atoms with Gasteiger partial charge < -0.3 is 0 Å². The van der Waals surface area contributed by atoms with Crippen LogP contribution >= 0.6 is 0 Å². The summed E-state index contributed by atoms with van der Waals surface area (Å²) >= 11 is 0. The summed E-state index contributed by atoms with van der Waals surface area (Å²) in [5.41, 5.74) is 2.14. The molecule has 0 saturated heterocycles. The SMILES string of the molecule is CCCn1nccc1C(=O)c1ccnc2ccccc12. The topological polar surface area (TPSA) is 47.8 Å². The first kappa shape index (κ1) is 12.5. The quantitative estimate of drug-likeness (QED) is 0.681. The number of rotatable bonds is 4. The molecule has 0 spiro atoms. The molecule has 20 heavy (non-hydrogen) atoms. The van der Waals surface area contributed by atoms with Gasteiger partial charge in [-0.1, -0.05) is 25.1 Å². The summed E-state index contributed by atoms with van der Waals surface area (Å²) in [6, 6.07) is 11.2. The van der Waals surface area contributed by atoms with E-state index in [9.17, 15) is 4.79 Å². The number of hydrogen-bond donors (Lipinski definition) is 0. The van der Waals surface area contributed by atoms with Crippen molar-refractivity contribution in [3.63, 3.8) is 0 Å². The number of pyridine rings is 1. The fourth-order valence-corrected chi connectivity index (χ4v) is 2.35. The first-order valence-corrected chi connectivity index (χ1v) is 6.71. The van der Waals surface area contributed by atoms with Crippen LogP contribution in [0, 0.1) is 0 Å². The molecule has 3 aromatic rings. The predicted molar refractivity (Wildman–Crippen MR) is 77.7 cm³/mol. The van der Waals surface area contributed by atoms with E-state index >= 15 is 0 Å². The van der Waals surface area contributed by atoms with Gasteiger partial charge in [0.25, 0.3) is 0 Å². The van der Waals surface area contributed by atoms with Gasteiger partial charge in [-0.05, 0) is 24.6 Å². The molecular formula is C16H15N3O. The summed E-state index contributed by atoms with van der Waals surface area (Å²) in [5, 5.41) is 5.09. The number of aromatic nitrogens is 3. The molecule has 4 heteroatoms. The Bertz CT molecular complexity index is 756. The average molecular weight is 265 g/mol. The van der Waals surface area contributed by atoms with Crippen molar-refractivity contribution in [2.45, 2.75) is 19.9 Å². The van der Waals surface area contributed by atoms with Crippen LogP contribution in [0.1, 0.15) is 29.4 Å². The van der Waals surface area contributed by atoms with Crippen molar-refractivity contribution in [2.75, 3.05) is 0 Å². The first-order chi connectivity index (χ1) is 9.81. The number of hydrogen-bond acceptors (Lipinski definition) is 3. The van der Waals surface area contributed by atoms with E-state index < -0.39 is 0 Å². The van der Waals surface area contributed by atoms with Gasteiger partial charge in [-0.2, -0.15) is 5.10 Å². The fourth-order valence-electron chi connectivity index (χ4n) is 2.35. The average Bonchev–Trinajstić information content (AvgIpc) is 2.94. The Morgan fingerprint density at radius 2 is 2.00 bits per heavy atom. The third-order valence-corrected chi connectivity index (χ3v) is 3.28. The molecule has 2 aromatic heterocycles. The lowest BCUT2D eigenvalue weighted by Crippen LogP contribution is -2.12. The lowest BCUT2D eigenvalue weighted by Gasteiger charge is -2.07. The molecule has 0 fully saturated rings. The summed E-state index contributed by atoms with van der Waals surface area (Å²) in [6.45, 7) is 2.81. The highest BCUT2D eigenvalue weighted by Gasteiger charge is 2.16. The highest BCUT2D eigenvalue weighted by molar-refractivity contribution is 6.15. The molecule has 0 radical (unpaired) electrons. The second kappa shape index (κ2) is 5.25. The van der Waals surface area contributed by atoms with Gasteiger partial charge in [-0.25, -0.2) is 0 Å². The molecule has 0 saturated carbocycles. The van der Waals surface area contributed by atoms with E-state index in [0.29, 0.717) is 11.3 Å². The Balaban J connectivity index is 2.11. The third-order valence-electron chi connectivity index (χ3n) is 3.28. The molecule has 2 heterocycles. The Morgan fingerprint density at radius 3 is 2.85 bits per heavy atom. The second-order valence-electron chi connectivity index (χ2n) is 4.64. The maximum atomic E-state index is 12.7. The van der Waals surface area contributed by atoms with Crippen LogP contribution in [0.15, 0.2) is 48.8 Å². The Hall–Kier alpha value is -2.49. The molecule has 0 N–H and O–H groups in total. The van der Waals surface area contributed by atoms with E-state index in [1.54, 1.807) is 29.2 Å². The van der Waals surface area contributed by atoms with Gasteiger partial charge in [0.1, 0.15) is 5.69 Å². The molecular weight excluding hydrogens is 250 g/mol. The van der Waals surface area contributed by atoms with Gasteiger partial charge in [0.2, 0.25) is 5.78 Å². The fraction of sp³-hybridized carbons (Fsp3) is 0.188. The largest absolute Gasteiger partial charge is 0.287 e. The zero-order valence-corrected chi connectivity index (χ0v) is 11.3. The van der Waals surface area contributed by atoms with E-state index in [1.807, 2.05) is 24.3 Å². The van der Waals surface area contributed by atoms with Crippen LogP contribution < -0.4 is 0 Å². The van der Waals surface area contributed by atoms with E-state index in [2.05, 4.69) is 17.0 Å². The normalized spacial score (nSPS) is 10.8. The zero-order chi connectivity index (χ0) is 13.9. The third kappa shape index (κ3) is 2.09. The number of carbonyl (C=O) groups excluding carboxylic acids is 1. The zero-order valence-electron chi connectivity index (χ0n) is 11.3. The van der Waals surface area contributed by atoms with Gasteiger partial charge in [0.15, 0.2) is 0 Å². The Morgan fingerprint density at radius 1 is 1.15 bits per heavy atom. The summed E-state index contributed by atoms with van der Waals surface area (Å²) in [7, 11) is 0. The van der Waals surface area contributed by atoms with Crippen molar-refractivity contribution in [1.82, 2.24) is 14.8 Å². The molecule has 0 unspecified atom stereocenters. The van der Waals surface area contributed by atoms with Crippen LogP contribution in [0.4, 0.5) is 0 Å². The van der Waals surface area contributed by atoms with Crippen LogP contribution in [-0.2, 0) is 6.54 Å². The number of nitrogens with zero attached hydrogens (tertiary/aromatic N) is 3. The maximum absolute atomic E-state index is 12.7. The maximum Gasteiger partial charge on any atom is 0.211 e. The predicted octanol–water partition coefficient (Wildman–Crippen LogP) is 3.07. The number of aryl methyl sites for hydroxylation is 1. The van der Waals surface area contributed by atoms with Crippen LogP contribution in [0.25, 0.3) is 10.9 Å². The molecule has 0 aliphatic heterocycles. The Labute approximate surface area is 117 Å². The van der Waals surface area contributed by atoms with Crippen molar-refractivity contribution in [1.29, 1.82) is 0 Å². The second-order valence-corrected chi connectivity index (χ2v) is 4.64. The number of benzene rings is 1. The standard InChI is InChI=1S/C16H15N3O/c1-2-11-19-15(8-10-18-19)16(20)13-7-9-17-14-6-4-3-5-12(13)14/h3-10H,2,11H2,1H3. The minimum atomic E-state index is -0.00505. The lowest BCUT2D eigenvalue weighted by molar-refractivity contribution is 0.103. The smallest absolute Gasteiger partial charge is 0.211 e. The summed E-state index contributed by atoms with van der Waals surface area (Å²) in [6.07, 6.45) is 4.29. The van der Waals surface area contributed by atoms with E-state index in [-0.39, 0.29) is 5.78 Å². The molecule has 3 rings (SSSR count). The highest BCUT2D eigenvalue weighted by Crippen LogP contribution is 2.19. The molecule has 1 aromatic carbocycles. The number of para-hydroxylation sites is 1. The van der Waals surface area contributed by atoms with Crippen LogP contribution in [0.5, 0.6) is 0 Å².